The zero-order chi connectivity index (χ0) is 11.8. The van der Waals surface area contributed by atoms with Crippen molar-refractivity contribution in [2.45, 2.75) is 26.2 Å². The van der Waals surface area contributed by atoms with Gasteiger partial charge in [-0.15, -0.1) is 0 Å². The topological polar surface area (TPSA) is 66.9 Å². The molecule has 16 heavy (non-hydrogen) atoms. The van der Waals surface area contributed by atoms with Crippen molar-refractivity contribution < 1.29 is 74.6 Å². The Balaban J connectivity index is -0.0000000825. The second kappa shape index (κ2) is 13.3. The molecule has 0 aliphatic heterocycles. The zero-order valence-corrected chi connectivity index (χ0v) is 17.2. The second-order valence-electron chi connectivity index (χ2n) is 3.79. The number of hydrogen-bond acceptors (Lipinski definition) is 5. The average Bonchev–Trinajstić information content (AvgIpc) is 2.16. The van der Waals surface area contributed by atoms with Crippen LogP contribution in [-0.4, -0.2) is 51.0 Å². The summed E-state index contributed by atoms with van der Waals surface area (Å²) in [6, 6.07) is 0. The third-order valence-electron chi connectivity index (χ3n) is 1.72. The van der Waals surface area contributed by atoms with E-state index in [-0.39, 0.29) is 56.9 Å². The summed E-state index contributed by atoms with van der Waals surface area (Å²) in [4.78, 5) is 0. The third kappa shape index (κ3) is 18.2. The summed E-state index contributed by atoms with van der Waals surface area (Å²) in [7, 11) is 3.22. The SMILES string of the molecule is CO[Si](C)(C)C.CO[Si](C)(OC)OC.[K+].[OH-]. The van der Waals surface area contributed by atoms with Crippen molar-refractivity contribution >= 4 is 17.1 Å². The molecule has 96 valence electrons. The molecule has 0 unspecified atom stereocenters. The molecule has 0 aromatic rings. The van der Waals surface area contributed by atoms with Crippen LogP contribution >= 0.6 is 0 Å². The molecule has 0 aliphatic carbocycles. The summed E-state index contributed by atoms with van der Waals surface area (Å²) in [5.74, 6) is 0. The molecule has 0 rings (SSSR count). The van der Waals surface area contributed by atoms with Gasteiger partial charge in [-0.1, -0.05) is 0 Å². The Morgan fingerprint density at radius 1 is 0.625 bits per heavy atom. The van der Waals surface area contributed by atoms with E-state index in [0.717, 1.165) is 0 Å². The molecular weight excluding hydrogens is 271 g/mol. The van der Waals surface area contributed by atoms with Crippen LogP contribution in [-0.2, 0) is 17.7 Å². The van der Waals surface area contributed by atoms with E-state index in [0.29, 0.717) is 0 Å². The molecule has 0 heterocycles. The van der Waals surface area contributed by atoms with Gasteiger partial charge in [0.05, 0.1) is 0 Å². The van der Waals surface area contributed by atoms with E-state index < -0.39 is 17.1 Å². The smallest absolute Gasteiger partial charge is 0.870 e. The van der Waals surface area contributed by atoms with Gasteiger partial charge in [0.1, 0.15) is 0 Å². The van der Waals surface area contributed by atoms with Crippen molar-refractivity contribution in [2.24, 2.45) is 0 Å². The predicted octanol–water partition coefficient (Wildman–Crippen LogP) is -1.21. The van der Waals surface area contributed by atoms with Gasteiger partial charge in [0.15, 0.2) is 8.32 Å². The second-order valence-corrected chi connectivity index (χ2v) is 11.4. The minimum absolute atomic E-state index is 0. The van der Waals surface area contributed by atoms with E-state index in [2.05, 4.69) is 19.6 Å². The van der Waals surface area contributed by atoms with Gasteiger partial charge in [-0.3, -0.25) is 0 Å². The van der Waals surface area contributed by atoms with E-state index in [1.165, 1.54) is 0 Å². The van der Waals surface area contributed by atoms with Gasteiger partial charge in [0.2, 0.25) is 0 Å². The minimum atomic E-state index is -2.17. The quantitative estimate of drug-likeness (QED) is 0.609. The molecule has 0 amide bonds. The van der Waals surface area contributed by atoms with Crippen molar-refractivity contribution in [3.8, 4) is 0 Å². The largest absolute Gasteiger partial charge is 1.00 e. The van der Waals surface area contributed by atoms with Crippen LogP contribution in [0, 0.1) is 0 Å². The standard InChI is InChI=1S/C4H12O3Si.C4H12OSi.K.H2O/c1-5-8(4,6-2)7-3;1-5-6(2,3)4;;/h1-4H3;1-4H3;;1H2/q;;+1;/p-1. The Hall–Kier alpha value is 1.87. The number of rotatable bonds is 4. The molecule has 0 spiro atoms. The van der Waals surface area contributed by atoms with Gasteiger partial charge in [0.25, 0.3) is 0 Å². The average molecular weight is 297 g/mol. The molecule has 0 saturated carbocycles. The third-order valence-corrected chi connectivity index (χ3v) is 5.17. The summed E-state index contributed by atoms with van der Waals surface area (Å²) < 4.78 is 19.9. The molecule has 0 fully saturated rings. The summed E-state index contributed by atoms with van der Waals surface area (Å²) in [6.07, 6.45) is 0. The fourth-order valence-corrected chi connectivity index (χ4v) is 0.750. The van der Waals surface area contributed by atoms with Crippen molar-refractivity contribution in [3.05, 3.63) is 0 Å². The van der Waals surface area contributed by atoms with Crippen LogP contribution in [0.3, 0.4) is 0 Å². The first-order valence-electron chi connectivity index (χ1n) is 4.45. The molecule has 0 aromatic heterocycles. The van der Waals surface area contributed by atoms with E-state index in [1.54, 1.807) is 28.4 Å². The van der Waals surface area contributed by atoms with Crippen molar-refractivity contribution in [1.29, 1.82) is 0 Å². The maximum Gasteiger partial charge on any atom is 1.00 e. The Morgan fingerprint density at radius 3 is 0.812 bits per heavy atom. The molecule has 0 radical (unpaired) electrons. The van der Waals surface area contributed by atoms with Crippen LogP contribution in [0.5, 0.6) is 0 Å². The summed E-state index contributed by atoms with van der Waals surface area (Å²) in [5, 5.41) is 0. The molecule has 0 aromatic carbocycles. The maximum absolute atomic E-state index is 5.08. The minimum Gasteiger partial charge on any atom is -0.870 e. The monoisotopic (exact) mass is 296 g/mol. The molecule has 1 N–H and O–H groups in total. The van der Waals surface area contributed by atoms with Gasteiger partial charge < -0.3 is 23.2 Å². The molecule has 5 nitrogen and oxygen atoms in total. The molecular formula is C8H25KO5Si2. The summed E-state index contributed by atoms with van der Waals surface area (Å²) in [5.41, 5.74) is 0. The van der Waals surface area contributed by atoms with Crippen molar-refractivity contribution in [3.63, 3.8) is 0 Å². The Labute approximate surface area is 144 Å². The summed E-state index contributed by atoms with van der Waals surface area (Å²) >= 11 is 0. The van der Waals surface area contributed by atoms with Crippen molar-refractivity contribution in [1.82, 2.24) is 0 Å². The van der Waals surface area contributed by atoms with Gasteiger partial charge >= 0.3 is 60.2 Å². The van der Waals surface area contributed by atoms with Gasteiger partial charge in [-0.2, -0.15) is 0 Å². The van der Waals surface area contributed by atoms with Crippen molar-refractivity contribution in [2.75, 3.05) is 28.4 Å². The van der Waals surface area contributed by atoms with Crippen LogP contribution in [0.2, 0.25) is 26.2 Å². The van der Waals surface area contributed by atoms with Gasteiger partial charge in [0, 0.05) is 35.0 Å². The molecule has 0 bridgehead atoms. The first-order valence-corrected chi connectivity index (χ1v) is 10.1. The first-order chi connectivity index (χ1) is 6.24. The number of hydrogen-bond donors (Lipinski definition) is 0. The van der Waals surface area contributed by atoms with E-state index in [1.807, 2.05) is 6.55 Å². The van der Waals surface area contributed by atoms with E-state index in [9.17, 15) is 0 Å². The van der Waals surface area contributed by atoms with Gasteiger partial charge in [-0.25, -0.2) is 0 Å². The normalized spacial score (nSPS) is 10.5. The molecule has 8 heteroatoms. The van der Waals surface area contributed by atoms with Gasteiger partial charge in [-0.05, 0) is 19.6 Å². The Kier molecular flexibility index (Phi) is 22.0. The van der Waals surface area contributed by atoms with Crippen LogP contribution in [0.25, 0.3) is 0 Å². The molecule has 0 saturated heterocycles. The Morgan fingerprint density at radius 2 is 0.812 bits per heavy atom. The zero-order valence-electron chi connectivity index (χ0n) is 12.1. The van der Waals surface area contributed by atoms with E-state index in [4.69, 9.17) is 17.7 Å². The van der Waals surface area contributed by atoms with Crippen LogP contribution in [0.4, 0.5) is 0 Å². The van der Waals surface area contributed by atoms with E-state index >= 15 is 0 Å². The maximum atomic E-state index is 5.08. The van der Waals surface area contributed by atoms with Crippen LogP contribution in [0.1, 0.15) is 0 Å². The Bertz CT molecular complexity index is 131. The summed E-state index contributed by atoms with van der Waals surface area (Å²) in [6.45, 7) is 8.31. The molecule has 0 aliphatic rings. The fourth-order valence-electron chi connectivity index (χ4n) is 0.250. The predicted molar refractivity (Wildman–Crippen MR) is 64.9 cm³/mol. The van der Waals surface area contributed by atoms with Crippen LogP contribution < -0.4 is 51.4 Å². The first kappa shape index (κ1) is 26.4. The van der Waals surface area contributed by atoms with Crippen LogP contribution in [0.15, 0.2) is 0 Å². The fraction of sp³-hybridized carbons (Fsp3) is 1.00. The molecule has 0 atom stereocenters.